The van der Waals surface area contributed by atoms with Crippen molar-refractivity contribution in [2.75, 3.05) is 39.5 Å². The van der Waals surface area contributed by atoms with E-state index in [-0.39, 0.29) is 17.7 Å². The quantitative estimate of drug-likeness (QED) is 0.628. The van der Waals surface area contributed by atoms with Crippen LogP contribution in [0.15, 0.2) is 54.6 Å². The Hall–Kier alpha value is -2.58. The number of rotatable bonds is 8. The summed E-state index contributed by atoms with van der Waals surface area (Å²) < 4.78 is 47.2. The molecule has 1 aliphatic rings. The molecule has 31 heavy (non-hydrogen) atoms. The van der Waals surface area contributed by atoms with E-state index >= 15 is 0 Å². The summed E-state index contributed by atoms with van der Waals surface area (Å²) in [5.41, 5.74) is 1.42. The lowest BCUT2D eigenvalue weighted by Crippen LogP contribution is -2.47. The molecule has 1 heterocycles. The SMILES string of the molecule is CC(CN1CCOCC1)N(Cc1ccccc1)C(=O)c1ccc(OCC(F)(F)F)cc1. The van der Waals surface area contributed by atoms with Gasteiger partial charge < -0.3 is 14.4 Å². The zero-order valence-corrected chi connectivity index (χ0v) is 17.5. The molecule has 0 spiro atoms. The van der Waals surface area contributed by atoms with E-state index in [1.807, 2.05) is 37.3 Å². The van der Waals surface area contributed by atoms with Crippen LogP contribution in [0.25, 0.3) is 0 Å². The minimum absolute atomic E-state index is 0.0630. The van der Waals surface area contributed by atoms with Gasteiger partial charge in [-0.3, -0.25) is 9.69 Å². The second kappa shape index (κ2) is 10.6. The molecule has 0 saturated carbocycles. The molecule has 0 radical (unpaired) electrons. The summed E-state index contributed by atoms with van der Waals surface area (Å²) >= 11 is 0. The van der Waals surface area contributed by atoms with E-state index in [1.165, 1.54) is 24.3 Å². The van der Waals surface area contributed by atoms with Crippen LogP contribution in [0.4, 0.5) is 13.2 Å². The highest BCUT2D eigenvalue weighted by Gasteiger charge is 2.28. The Labute approximate surface area is 180 Å². The van der Waals surface area contributed by atoms with Crippen LogP contribution in [0.2, 0.25) is 0 Å². The van der Waals surface area contributed by atoms with Crippen molar-refractivity contribution >= 4 is 5.91 Å². The third-order valence-corrected chi connectivity index (χ3v) is 5.12. The number of benzene rings is 2. The van der Waals surface area contributed by atoms with E-state index in [0.29, 0.717) is 31.9 Å². The van der Waals surface area contributed by atoms with Crippen LogP contribution in [0.5, 0.6) is 5.75 Å². The smallest absolute Gasteiger partial charge is 0.422 e. The second-order valence-corrected chi connectivity index (χ2v) is 7.61. The molecule has 1 fully saturated rings. The summed E-state index contributed by atoms with van der Waals surface area (Å²) in [5.74, 6) is -0.100. The van der Waals surface area contributed by atoms with Gasteiger partial charge in [-0.05, 0) is 36.8 Å². The molecule has 0 aliphatic carbocycles. The second-order valence-electron chi connectivity index (χ2n) is 7.61. The lowest BCUT2D eigenvalue weighted by molar-refractivity contribution is -0.153. The number of ether oxygens (including phenoxy) is 2. The average Bonchev–Trinajstić information content (AvgIpc) is 2.77. The van der Waals surface area contributed by atoms with Gasteiger partial charge in [0, 0.05) is 37.8 Å². The summed E-state index contributed by atoms with van der Waals surface area (Å²) in [6, 6.07) is 15.5. The predicted octanol–water partition coefficient (Wildman–Crippen LogP) is 3.99. The summed E-state index contributed by atoms with van der Waals surface area (Å²) in [4.78, 5) is 17.4. The van der Waals surface area contributed by atoms with Crippen LogP contribution in [-0.2, 0) is 11.3 Å². The molecule has 3 rings (SSSR count). The fraction of sp³-hybridized carbons (Fsp3) is 0.435. The molecule has 168 valence electrons. The first-order valence-electron chi connectivity index (χ1n) is 10.3. The highest BCUT2D eigenvalue weighted by Crippen LogP contribution is 2.21. The molecular formula is C23H27F3N2O3. The number of morpholine rings is 1. The molecule has 1 amide bonds. The van der Waals surface area contributed by atoms with Crippen LogP contribution < -0.4 is 4.74 Å². The van der Waals surface area contributed by atoms with Gasteiger partial charge >= 0.3 is 6.18 Å². The molecule has 0 N–H and O–H groups in total. The zero-order valence-electron chi connectivity index (χ0n) is 17.5. The molecular weight excluding hydrogens is 409 g/mol. The fourth-order valence-electron chi connectivity index (χ4n) is 3.49. The number of alkyl halides is 3. The lowest BCUT2D eigenvalue weighted by Gasteiger charge is -2.35. The van der Waals surface area contributed by atoms with Gasteiger partial charge in [0.2, 0.25) is 0 Å². The molecule has 0 aromatic heterocycles. The Kier molecular flexibility index (Phi) is 7.92. The standard InChI is InChI=1S/C23H27F3N2O3/c1-18(15-27-11-13-30-14-12-27)28(16-19-5-3-2-4-6-19)22(29)20-7-9-21(10-8-20)31-17-23(24,25)26/h2-10,18H,11-17H2,1H3. The van der Waals surface area contributed by atoms with Crippen molar-refractivity contribution in [2.24, 2.45) is 0 Å². The van der Waals surface area contributed by atoms with Crippen molar-refractivity contribution < 1.29 is 27.4 Å². The molecule has 1 unspecified atom stereocenters. The van der Waals surface area contributed by atoms with Gasteiger partial charge in [-0.1, -0.05) is 30.3 Å². The first kappa shape index (κ1) is 23.1. The third kappa shape index (κ3) is 7.25. The van der Waals surface area contributed by atoms with E-state index in [2.05, 4.69) is 4.90 Å². The van der Waals surface area contributed by atoms with Gasteiger partial charge in [0.25, 0.3) is 5.91 Å². The first-order chi connectivity index (χ1) is 14.8. The van der Waals surface area contributed by atoms with Crippen LogP contribution in [0, 0.1) is 0 Å². The Bertz CT molecular complexity index is 822. The maximum atomic E-state index is 13.3. The number of halogens is 3. The molecule has 1 atom stereocenters. The summed E-state index contributed by atoms with van der Waals surface area (Å²) in [6.07, 6.45) is -4.41. The third-order valence-electron chi connectivity index (χ3n) is 5.12. The number of hydrogen-bond acceptors (Lipinski definition) is 4. The van der Waals surface area contributed by atoms with Crippen molar-refractivity contribution in [3.8, 4) is 5.75 Å². The Morgan fingerprint density at radius 1 is 1.10 bits per heavy atom. The van der Waals surface area contributed by atoms with E-state index < -0.39 is 12.8 Å². The van der Waals surface area contributed by atoms with E-state index in [0.717, 1.165) is 18.7 Å². The van der Waals surface area contributed by atoms with E-state index in [9.17, 15) is 18.0 Å². The van der Waals surface area contributed by atoms with Crippen LogP contribution in [-0.4, -0.2) is 67.4 Å². The molecule has 8 heteroatoms. The molecule has 1 saturated heterocycles. The summed E-state index contributed by atoms with van der Waals surface area (Å²) in [7, 11) is 0. The number of carbonyl (C=O) groups excluding carboxylic acids is 1. The van der Waals surface area contributed by atoms with Gasteiger partial charge in [-0.2, -0.15) is 13.2 Å². The van der Waals surface area contributed by atoms with E-state index in [4.69, 9.17) is 9.47 Å². The lowest BCUT2D eigenvalue weighted by atomic mass is 10.1. The number of hydrogen-bond donors (Lipinski definition) is 0. The maximum absolute atomic E-state index is 13.3. The normalized spacial score (nSPS) is 16.0. The van der Waals surface area contributed by atoms with Crippen LogP contribution in [0.3, 0.4) is 0 Å². The Morgan fingerprint density at radius 2 is 1.74 bits per heavy atom. The van der Waals surface area contributed by atoms with Gasteiger partial charge in [0.1, 0.15) is 5.75 Å². The predicted molar refractivity (Wildman–Crippen MR) is 111 cm³/mol. The molecule has 5 nitrogen and oxygen atoms in total. The van der Waals surface area contributed by atoms with Crippen molar-refractivity contribution in [1.29, 1.82) is 0 Å². The van der Waals surface area contributed by atoms with E-state index in [1.54, 1.807) is 4.90 Å². The van der Waals surface area contributed by atoms with Crippen molar-refractivity contribution in [1.82, 2.24) is 9.80 Å². The van der Waals surface area contributed by atoms with Crippen LogP contribution in [0.1, 0.15) is 22.8 Å². The monoisotopic (exact) mass is 436 g/mol. The van der Waals surface area contributed by atoms with Gasteiger partial charge in [-0.15, -0.1) is 0 Å². The fourth-order valence-corrected chi connectivity index (χ4v) is 3.49. The highest BCUT2D eigenvalue weighted by molar-refractivity contribution is 5.94. The summed E-state index contributed by atoms with van der Waals surface area (Å²) in [6.45, 7) is 4.81. The van der Waals surface area contributed by atoms with Crippen molar-refractivity contribution in [2.45, 2.75) is 25.7 Å². The van der Waals surface area contributed by atoms with Crippen LogP contribution >= 0.6 is 0 Å². The number of nitrogens with zero attached hydrogens (tertiary/aromatic N) is 2. The van der Waals surface area contributed by atoms with Gasteiger partial charge in [-0.25, -0.2) is 0 Å². The molecule has 0 bridgehead atoms. The largest absolute Gasteiger partial charge is 0.484 e. The Morgan fingerprint density at radius 3 is 2.35 bits per heavy atom. The zero-order chi connectivity index (χ0) is 22.3. The number of carbonyl (C=O) groups is 1. The molecule has 1 aliphatic heterocycles. The van der Waals surface area contributed by atoms with Gasteiger partial charge in [0.15, 0.2) is 6.61 Å². The highest BCUT2D eigenvalue weighted by atomic mass is 19.4. The molecule has 2 aromatic carbocycles. The first-order valence-corrected chi connectivity index (χ1v) is 10.3. The topological polar surface area (TPSA) is 42.0 Å². The summed E-state index contributed by atoms with van der Waals surface area (Å²) in [5, 5.41) is 0. The average molecular weight is 436 g/mol. The minimum atomic E-state index is -4.41. The molecule has 2 aromatic rings. The van der Waals surface area contributed by atoms with Crippen molar-refractivity contribution in [3.05, 3.63) is 65.7 Å². The minimum Gasteiger partial charge on any atom is -0.484 e. The number of amides is 1. The van der Waals surface area contributed by atoms with Gasteiger partial charge in [0.05, 0.1) is 13.2 Å². The maximum Gasteiger partial charge on any atom is 0.422 e. The Balaban J connectivity index is 1.73. The van der Waals surface area contributed by atoms with Crippen molar-refractivity contribution in [3.63, 3.8) is 0 Å².